The molecule has 2 rings (SSSR count). The highest BCUT2D eigenvalue weighted by molar-refractivity contribution is 5.96. The van der Waals surface area contributed by atoms with Gasteiger partial charge in [-0.15, -0.1) is 0 Å². The highest BCUT2D eigenvalue weighted by Gasteiger charge is 2.20. The zero-order chi connectivity index (χ0) is 19.3. The summed E-state index contributed by atoms with van der Waals surface area (Å²) in [6, 6.07) is 7.57. The Balaban J connectivity index is 1.80. The van der Waals surface area contributed by atoms with Gasteiger partial charge in [0.05, 0.1) is 30.1 Å². The molecule has 7 heteroatoms. The summed E-state index contributed by atoms with van der Waals surface area (Å²) in [5.41, 5.74) is 3.18. The average Bonchev–Trinajstić information content (AvgIpc) is 2.82. The van der Waals surface area contributed by atoms with E-state index in [4.69, 9.17) is 9.47 Å². The maximum Gasteiger partial charge on any atom is 0.310 e. The van der Waals surface area contributed by atoms with Gasteiger partial charge in [0.1, 0.15) is 5.75 Å². The highest BCUT2D eigenvalue weighted by Crippen LogP contribution is 2.19. The summed E-state index contributed by atoms with van der Waals surface area (Å²) >= 11 is 0. The number of nitrogens with zero attached hydrogens (tertiary/aromatic N) is 2. The summed E-state index contributed by atoms with van der Waals surface area (Å²) in [4.78, 5) is 24.2. The van der Waals surface area contributed by atoms with Crippen LogP contribution in [0.1, 0.15) is 30.3 Å². The number of aryl methyl sites for hydroxylation is 3. The number of amides is 1. The molecule has 0 saturated carbocycles. The van der Waals surface area contributed by atoms with Crippen molar-refractivity contribution in [1.29, 1.82) is 0 Å². The van der Waals surface area contributed by atoms with Crippen molar-refractivity contribution in [1.82, 2.24) is 9.78 Å². The van der Waals surface area contributed by atoms with Gasteiger partial charge in [0.25, 0.3) is 5.91 Å². The van der Waals surface area contributed by atoms with Crippen molar-refractivity contribution in [3.8, 4) is 5.75 Å². The molecular formula is C19H25N3O4. The van der Waals surface area contributed by atoms with Crippen LogP contribution in [0.15, 0.2) is 24.3 Å². The number of para-hydroxylation sites is 1. The first-order valence-electron chi connectivity index (χ1n) is 8.48. The van der Waals surface area contributed by atoms with Gasteiger partial charge in [-0.25, -0.2) is 0 Å². The molecule has 140 valence electrons. The van der Waals surface area contributed by atoms with Crippen LogP contribution in [0.4, 0.5) is 5.69 Å². The Labute approximate surface area is 153 Å². The second-order valence-electron chi connectivity index (χ2n) is 6.15. The molecule has 1 amide bonds. The lowest BCUT2D eigenvalue weighted by Gasteiger charge is -2.14. The monoisotopic (exact) mass is 359 g/mol. The van der Waals surface area contributed by atoms with Crippen LogP contribution < -0.4 is 10.1 Å². The van der Waals surface area contributed by atoms with Crippen LogP contribution in [0, 0.1) is 20.8 Å². The second-order valence-corrected chi connectivity index (χ2v) is 6.15. The molecule has 0 aliphatic rings. The minimum atomic E-state index is -0.903. The molecule has 1 N–H and O–H groups in total. The fraction of sp³-hybridized carbons (Fsp3) is 0.421. The van der Waals surface area contributed by atoms with Gasteiger partial charge in [0.15, 0.2) is 6.10 Å². The Morgan fingerprint density at radius 1 is 1.23 bits per heavy atom. The van der Waals surface area contributed by atoms with Crippen molar-refractivity contribution in [2.24, 2.45) is 7.05 Å². The molecule has 1 aromatic heterocycles. The van der Waals surface area contributed by atoms with E-state index in [0.29, 0.717) is 11.4 Å². The molecule has 0 bridgehead atoms. The number of hydrogen-bond acceptors (Lipinski definition) is 5. The molecule has 0 radical (unpaired) electrons. The summed E-state index contributed by atoms with van der Waals surface area (Å²) in [6.07, 6.45) is -0.836. The average molecular weight is 359 g/mol. The molecule has 0 spiro atoms. The van der Waals surface area contributed by atoms with Crippen LogP contribution in [0.5, 0.6) is 5.75 Å². The largest absolute Gasteiger partial charge is 0.493 e. The van der Waals surface area contributed by atoms with Crippen molar-refractivity contribution >= 4 is 17.6 Å². The van der Waals surface area contributed by atoms with Crippen molar-refractivity contribution in [2.75, 3.05) is 11.9 Å². The van der Waals surface area contributed by atoms with Crippen molar-refractivity contribution in [2.45, 2.75) is 40.2 Å². The summed E-state index contributed by atoms with van der Waals surface area (Å²) in [6.45, 7) is 7.33. The number of benzene rings is 1. The van der Waals surface area contributed by atoms with Gasteiger partial charge < -0.3 is 14.8 Å². The Morgan fingerprint density at radius 2 is 1.92 bits per heavy atom. The number of carbonyl (C=O) groups excluding carboxylic acids is 2. The summed E-state index contributed by atoms with van der Waals surface area (Å²) in [7, 11) is 1.80. The topological polar surface area (TPSA) is 82.4 Å². The SMILES string of the molecule is Cc1ccccc1OCCC(=O)OC(C)C(=O)Nc1c(C)nn(C)c1C. The molecule has 1 atom stereocenters. The quantitative estimate of drug-likeness (QED) is 0.769. The predicted octanol–water partition coefficient (Wildman–Crippen LogP) is 2.68. The van der Waals surface area contributed by atoms with Gasteiger partial charge in [-0.3, -0.25) is 14.3 Å². The lowest BCUT2D eigenvalue weighted by molar-refractivity contribution is -0.153. The van der Waals surface area contributed by atoms with E-state index >= 15 is 0 Å². The van der Waals surface area contributed by atoms with Crippen molar-refractivity contribution in [3.63, 3.8) is 0 Å². The molecule has 1 unspecified atom stereocenters. The lowest BCUT2D eigenvalue weighted by Crippen LogP contribution is -2.30. The Hall–Kier alpha value is -2.83. The number of nitrogens with one attached hydrogen (secondary N) is 1. The third kappa shape index (κ3) is 4.84. The van der Waals surface area contributed by atoms with E-state index in [2.05, 4.69) is 10.4 Å². The molecule has 0 saturated heterocycles. The Morgan fingerprint density at radius 3 is 2.54 bits per heavy atom. The third-order valence-electron chi connectivity index (χ3n) is 4.09. The molecule has 1 aromatic carbocycles. The van der Waals surface area contributed by atoms with E-state index in [1.165, 1.54) is 6.92 Å². The molecule has 7 nitrogen and oxygen atoms in total. The number of hydrogen-bond donors (Lipinski definition) is 1. The number of aromatic nitrogens is 2. The van der Waals surface area contributed by atoms with Gasteiger partial charge in [-0.2, -0.15) is 5.10 Å². The van der Waals surface area contributed by atoms with Crippen LogP contribution in [0.2, 0.25) is 0 Å². The van der Waals surface area contributed by atoms with E-state index < -0.39 is 18.0 Å². The number of esters is 1. The van der Waals surface area contributed by atoms with Gasteiger partial charge in [-0.05, 0) is 39.3 Å². The molecule has 0 aliphatic carbocycles. The molecule has 1 heterocycles. The van der Waals surface area contributed by atoms with Crippen LogP contribution in [-0.4, -0.2) is 34.4 Å². The lowest BCUT2D eigenvalue weighted by atomic mass is 10.2. The smallest absolute Gasteiger partial charge is 0.310 e. The molecule has 0 aliphatic heterocycles. The first kappa shape index (κ1) is 19.5. The van der Waals surface area contributed by atoms with Gasteiger partial charge in [0, 0.05) is 7.05 Å². The third-order valence-corrected chi connectivity index (χ3v) is 4.09. The van der Waals surface area contributed by atoms with Crippen LogP contribution in [0.3, 0.4) is 0 Å². The maximum absolute atomic E-state index is 12.2. The summed E-state index contributed by atoms with van der Waals surface area (Å²) in [5, 5.41) is 7.00. The zero-order valence-corrected chi connectivity index (χ0v) is 15.8. The molecule has 2 aromatic rings. The van der Waals surface area contributed by atoms with Crippen LogP contribution >= 0.6 is 0 Å². The van der Waals surface area contributed by atoms with Crippen LogP contribution in [0.25, 0.3) is 0 Å². The molecule has 0 fully saturated rings. The minimum absolute atomic E-state index is 0.0664. The van der Waals surface area contributed by atoms with Crippen molar-refractivity contribution < 1.29 is 19.1 Å². The first-order valence-corrected chi connectivity index (χ1v) is 8.48. The van der Waals surface area contributed by atoms with E-state index in [0.717, 1.165) is 17.0 Å². The van der Waals surface area contributed by atoms with Crippen LogP contribution in [-0.2, 0) is 21.4 Å². The Bertz CT molecular complexity index is 798. The predicted molar refractivity (Wildman–Crippen MR) is 98.2 cm³/mol. The van der Waals surface area contributed by atoms with E-state index in [9.17, 15) is 9.59 Å². The number of anilines is 1. The maximum atomic E-state index is 12.2. The Kier molecular flexibility index (Phi) is 6.38. The van der Waals surface area contributed by atoms with E-state index in [-0.39, 0.29) is 13.0 Å². The summed E-state index contributed by atoms with van der Waals surface area (Å²) in [5.74, 6) is -0.146. The zero-order valence-electron chi connectivity index (χ0n) is 15.8. The van der Waals surface area contributed by atoms with Gasteiger partial charge >= 0.3 is 5.97 Å². The van der Waals surface area contributed by atoms with Crippen molar-refractivity contribution in [3.05, 3.63) is 41.2 Å². The van der Waals surface area contributed by atoms with E-state index in [1.807, 2.05) is 45.0 Å². The van der Waals surface area contributed by atoms with Gasteiger partial charge in [0.2, 0.25) is 0 Å². The molecule has 26 heavy (non-hydrogen) atoms. The first-order chi connectivity index (χ1) is 12.3. The fourth-order valence-corrected chi connectivity index (χ4v) is 2.45. The molecular weight excluding hydrogens is 334 g/mol. The van der Waals surface area contributed by atoms with E-state index in [1.54, 1.807) is 11.7 Å². The normalized spacial score (nSPS) is 11.7. The summed E-state index contributed by atoms with van der Waals surface area (Å²) < 4.78 is 12.4. The fourth-order valence-electron chi connectivity index (χ4n) is 2.45. The second kappa shape index (κ2) is 8.51. The number of ether oxygens (including phenoxy) is 2. The number of carbonyl (C=O) groups is 2. The van der Waals surface area contributed by atoms with Gasteiger partial charge in [-0.1, -0.05) is 18.2 Å². The highest BCUT2D eigenvalue weighted by atomic mass is 16.5. The standard InChI is InChI=1S/C19H25N3O4/c1-12-8-6-7-9-16(12)25-11-10-17(23)26-15(4)19(24)20-18-13(2)21-22(5)14(18)3/h6-9,15H,10-11H2,1-5H3,(H,20,24). The minimum Gasteiger partial charge on any atom is -0.493 e. The number of rotatable bonds is 7.